The predicted molar refractivity (Wildman–Crippen MR) is 69.1 cm³/mol. The Morgan fingerprint density at radius 3 is 2.16 bits per heavy atom. The monoisotopic (exact) mass is 266 g/mol. The lowest BCUT2D eigenvalue weighted by Crippen LogP contribution is -2.05. The van der Waals surface area contributed by atoms with Gasteiger partial charge in [-0.05, 0) is 35.9 Å². The van der Waals surface area contributed by atoms with Gasteiger partial charge in [-0.1, -0.05) is 18.2 Å². The van der Waals surface area contributed by atoms with Crippen molar-refractivity contribution < 1.29 is 13.2 Å². The molecule has 0 saturated carbocycles. The third-order valence-electron chi connectivity index (χ3n) is 2.73. The van der Waals surface area contributed by atoms with E-state index in [0.29, 0.717) is 12.2 Å². The first-order valence-corrected chi connectivity index (χ1v) is 5.73. The second-order valence-corrected chi connectivity index (χ2v) is 4.06. The van der Waals surface area contributed by atoms with Gasteiger partial charge < -0.3 is 11.1 Å². The first-order chi connectivity index (χ1) is 9.00. The van der Waals surface area contributed by atoms with E-state index in [2.05, 4.69) is 5.32 Å². The number of nitrogens with one attached hydrogen (secondary N) is 1. The Labute approximate surface area is 109 Å². The van der Waals surface area contributed by atoms with Gasteiger partial charge in [0.1, 0.15) is 0 Å². The second kappa shape index (κ2) is 5.32. The highest BCUT2D eigenvalue weighted by molar-refractivity contribution is 5.63. The molecule has 19 heavy (non-hydrogen) atoms. The highest BCUT2D eigenvalue weighted by atomic mass is 19.4. The molecule has 0 aliphatic carbocycles. The zero-order chi connectivity index (χ0) is 13.9. The minimum Gasteiger partial charge on any atom is -0.355 e. The van der Waals surface area contributed by atoms with Gasteiger partial charge in [0.25, 0.3) is 0 Å². The normalized spacial score (nSPS) is 11.4. The molecule has 5 heteroatoms. The van der Waals surface area contributed by atoms with Gasteiger partial charge in [0.05, 0.1) is 5.56 Å². The maximum Gasteiger partial charge on any atom is 0.416 e. The number of para-hydroxylation sites is 1. The van der Waals surface area contributed by atoms with E-state index in [1.54, 1.807) is 0 Å². The van der Waals surface area contributed by atoms with E-state index < -0.39 is 11.7 Å². The number of alkyl halides is 3. The van der Waals surface area contributed by atoms with E-state index in [9.17, 15) is 13.2 Å². The molecule has 0 bridgehead atoms. The molecule has 0 saturated heterocycles. The van der Waals surface area contributed by atoms with Gasteiger partial charge >= 0.3 is 6.18 Å². The van der Waals surface area contributed by atoms with E-state index in [1.165, 1.54) is 12.1 Å². The number of benzene rings is 2. The SMILES string of the molecule is NCc1ccccc1Nc1ccc(C(F)(F)F)cc1. The highest BCUT2D eigenvalue weighted by Crippen LogP contribution is 2.30. The number of nitrogens with two attached hydrogens (primary N) is 1. The van der Waals surface area contributed by atoms with Crippen LogP contribution in [0, 0.1) is 0 Å². The quantitative estimate of drug-likeness (QED) is 0.884. The summed E-state index contributed by atoms with van der Waals surface area (Å²) in [6.07, 6.45) is -4.31. The molecule has 0 fully saturated rings. The van der Waals surface area contributed by atoms with Crippen molar-refractivity contribution in [3.63, 3.8) is 0 Å². The van der Waals surface area contributed by atoms with Gasteiger partial charge in [0.2, 0.25) is 0 Å². The molecule has 2 aromatic rings. The second-order valence-electron chi connectivity index (χ2n) is 4.06. The van der Waals surface area contributed by atoms with E-state index in [1.807, 2.05) is 24.3 Å². The van der Waals surface area contributed by atoms with Crippen LogP contribution in [-0.4, -0.2) is 0 Å². The molecule has 2 aromatic carbocycles. The molecule has 0 amide bonds. The van der Waals surface area contributed by atoms with Crippen LogP contribution in [0.5, 0.6) is 0 Å². The smallest absolute Gasteiger partial charge is 0.355 e. The van der Waals surface area contributed by atoms with Crippen LogP contribution < -0.4 is 11.1 Å². The molecule has 0 heterocycles. The fourth-order valence-corrected chi connectivity index (χ4v) is 1.72. The summed E-state index contributed by atoms with van der Waals surface area (Å²) in [5.74, 6) is 0. The lowest BCUT2D eigenvalue weighted by Gasteiger charge is -2.12. The molecule has 0 radical (unpaired) electrons. The summed E-state index contributed by atoms with van der Waals surface area (Å²) in [6.45, 7) is 0.365. The third kappa shape index (κ3) is 3.26. The van der Waals surface area contributed by atoms with Crippen molar-refractivity contribution >= 4 is 11.4 Å². The summed E-state index contributed by atoms with van der Waals surface area (Å²) in [4.78, 5) is 0. The van der Waals surface area contributed by atoms with Crippen LogP contribution in [0.2, 0.25) is 0 Å². The van der Waals surface area contributed by atoms with Crippen LogP contribution >= 0.6 is 0 Å². The number of hydrogen-bond acceptors (Lipinski definition) is 2. The summed E-state index contributed by atoms with van der Waals surface area (Å²) in [5, 5.41) is 3.05. The molecule has 3 N–H and O–H groups in total. The third-order valence-corrected chi connectivity index (χ3v) is 2.73. The topological polar surface area (TPSA) is 38.0 Å². The number of hydrogen-bond donors (Lipinski definition) is 2. The summed E-state index contributed by atoms with van der Waals surface area (Å²) in [6, 6.07) is 12.3. The highest BCUT2D eigenvalue weighted by Gasteiger charge is 2.29. The number of halogens is 3. The molecule has 2 nitrogen and oxygen atoms in total. The molecule has 2 rings (SSSR count). The molecular formula is C14H13F3N2. The van der Waals surface area contributed by atoms with Crippen LogP contribution in [0.25, 0.3) is 0 Å². The standard InChI is InChI=1S/C14H13F3N2/c15-14(16,17)11-5-7-12(8-6-11)19-13-4-2-1-3-10(13)9-18/h1-8,19H,9,18H2. The van der Waals surface area contributed by atoms with Gasteiger partial charge in [-0.3, -0.25) is 0 Å². The minimum atomic E-state index is -4.31. The van der Waals surface area contributed by atoms with Crippen LogP contribution in [0.15, 0.2) is 48.5 Å². The van der Waals surface area contributed by atoms with Gasteiger partial charge in [-0.25, -0.2) is 0 Å². The Kier molecular flexibility index (Phi) is 3.76. The first kappa shape index (κ1) is 13.4. The van der Waals surface area contributed by atoms with E-state index >= 15 is 0 Å². The Morgan fingerprint density at radius 2 is 1.58 bits per heavy atom. The van der Waals surface area contributed by atoms with Crippen molar-refractivity contribution in [3.8, 4) is 0 Å². The van der Waals surface area contributed by atoms with Crippen molar-refractivity contribution in [2.45, 2.75) is 12.7 Å². The van der Waals surface area contributed by atoms with Crippen LogP contribution in [0.4, 0.5) is 24.5 Å². The first-order valence-electron chi connectivity index (χ1n) is 5.73. The Balaban J connectivity index is 2.20. The Morgan fingerprint density at radius 1 is 0.947 bits per heavy atom. The molecular weight excluding hydrogens is 253 g/mol. The largest absolute Gasteiger partial charge is 0.416 e. The van der Waals surface area contributed by atoms with Crippen LogP contribution in [0.3, 0.4) is 0 Å². The minimum absolute atomic E-state index is 0.365. The Bertz CT molecular complexity index is 547. The van der Waals surface area contributed by atoms with E-state index in [4.69, 9.17) is 5.73 Å². The zero-order valence-electron chi connectivity index (χ0n) is 10.0. The van der Waals surface area contributed by atoms with Crippen molar-refractivity contribution in [2.24, 2.45) is 5.73 Å². The fourth-order valence-electron chi connectivity index (χ4n) is 1.72. The van der Waals surface area contributed by atoms with Crippen LogP contribution in [0.1, 0.15) is 11.1 Å². The molecule has 0 spiro atoms. The summed E-state index contributed by atoms with van der Waals surface area (Å²) < 4.78 is 37.3. The van der Waals surface area contributed by atoms with Gasteiger partial charge in [-0.15, -0.1) is 0 Å². The molecule has 0 unspecified atom stereocenters. The maximum atomic E-state index is 12.4. The molecule has 0 atom stereocenters. The molecule has 100 valence electrons. The lowest BCUT2D eigenvalue weighted by molar-refractivity contribution is -0.137. The summed E-state index contributed by atoms with van der Waals surface area (Å²) in [7, 11) is 0. The van der Waals surface area contributed by atoms with Gasteiger partial charge in [-0.2, -0.15) is 13.2 Å². The average Bonchev–Trinajstić information content (AvgIpc) is 2.39. The van der Waals surface area contributed by atoms with Gasteiger partial charge in [0, 0.05) is 17.9 Å². The summed E-state index contributed by atoms with van der Waals surface area (Å²) >= 11 is 0. The average molecular weight is 266 g/mol. The van der Waals surface area contributed by atoms with Crippen molar-refractivity contribution in [2.75, 3.05) is 5.32 Å². The van der Waals surface area contributed by atoms with E-state index in [-0.39, 0.29) is 0 Å². The molecule has 0 aliphatic heterocycles. The Hall–Kier alpha value is -2.01. The van der Waals surface area contributed by atoms with Crippen molar-refractivity contribution in [1.29, 1.82) is 0 Å². The van der Waals surface area contributed by atoms with Gasteiger partial charge in [0.15, 0.2) is 0 Å². The van der Waals surface area contributed by atoms with Crippen molar-refractivity contribution in [3.05, 3.63) is 59.7 Å². The zero-order valence-corrected chi connectivity index (χ0v) is 10.0. The lowest BCUT2D eigenvalue weighted by atomic mass is 10.1. The maximum absolute atomic E-state index is 12.4. The number of anilines is 2. The predicted octanol–water partition coefficient (Wildman–Crippen LogP) is 3.91. The summed E-state index contributed by atoms with van der Waals surface area (Å²) in [5.41, 5.74) is 7.23. The molecule has 0 aliphatic rings. The van der Waals surface area contributed by atoms with Crippen LogP contribution in [-0.2, 0) is 12.7 Å². The number of rotatable bonds is 3. The van der Waals surface area contributed by atoms with E-state index in [0.717, 1.165) is 23.4 Å². The fraction of sp³-hybridized carbons (Fsp3) is 0.143. The molecule has 0 aromatic heterocycles. The van der Waals surface area contributed by atoms with Crippen molar-refractivity contribution in [1.82, 2.24) is 0 Å².